The van der Waals surface area contributed by atoms with Crippen molar-refractivity contribution in [2.24, 2.45) is 5.92 Å². The van der Waals surface area contributed by atoms with Gasteiger partial charge in [-0.2, -0.15) is 0 Å². The predicted molar refractivity (Wildman–Crippen MR) is 139 cm³/mol. The molecule has 2 aromatic carbocycles. The maximum absolute atomic E-state index is 13.9. The Labute approximate surface area is 210 Å². The molecule has 2 aromatic heterocycles. The van der Waals surface area contributed by atoms with Gasteiger partial charge in [0.1, 0.15) is 10.6 Å². The fourth-order valence-corrected chi connectivity index (χ4v) is 6.73. The highest BCUT2D eigenvalue weighted by Gasteiger charge is 2.25. The van der Waals surface area contributed by atoms with Crippen molar-refractivity contribution in [3.8, 4) is 11.4 Å². The summed E-state index contributed by atoms with van der Waals surface area (Å²) < 4.78 is 6.92. The Morgan fingerprint density at radius 1 is 1.21 bits per heavy atom. The number of fused-ring (bicyclic) bond motifs is 3. The summed E-state index contributed by atoms with van der Waals surface area (Å²) in [7, 11) is 1.61. The molecular weight excluding hydrogens is 488 g/mol. The van der Waals surface area contributed by atoms with Crippen LogP contribution in [0.15, 0.2) is 58.5 Å². The monoisotopic (exact) mass is 510 g/mol. The van der Waals surface area contributed by atoms with Gasteiger partial charge in [-0.05, 0) is 79.3 Å². The van der Waals surface area contributed by atoms with E-state index < -0.39 is 0 Å². The Hall–Kier alpha value is -2.61. The van der Waals surface area contributed by atoms with Gasteiger partial charge in [0.05, 0.1) is 23.9 Å². The minimum Gasteiger partial charge on any atom is -0.497 e. The van der Waals surface area contributed by atoms with Crippen LogP contribution in [0, 0.1) is 5.92 Å². The van der Waals surface area contributed by atoms with Crippen LogP contribution in [0.1, 0.15) is 34.1 Å². The fraction of sp³-hybridized carbons (Fsp3) is 0.269. The molecule has 0 radical (unpaired) electrons. The number of ether oxygens (including phenoxy) is 1. The summed E-state index contributed by atoms with van der Waals surface area (Å²) in [6.45, 7) is 2.25. The number of hydrogen-bond acceptors (Lipinski definition) is 6. The quantitative estimate of drug-likeness (QED) is 0.175. The molecule has 1 atom stereocenters. The number of benzene rings is 2. The van der Waals surface area contributed by atoms with E-state index in [1.807, 2.05) is 24.3 Å². The molecule has 0 N–H and O–H groups in total. The van der Waals surface area contributed by atoms with E-state index in [2.05, 4.69) is 6.92 Å². The van der Waals surface area contributed by atoms with Gasteiger partial charge in [0.15, 0.2) is 10.9 Å². The lowest BCUT2D eigenvalue weighted by Gasteiger charge is -2.18. The summed E-state index contributed by atoms with van der Waals surface area (Å²) in [5.41, 5.74) is 2.35. The summed E-state index contributed by atoms with van der Waals surface area (Å²) in [6, 6.07) is 14.2. The first kappa shape index (κ1) is 23.1. The number of ketones is 1. The average molecular weight is 511 g/mol. The standard InChI is InChI=1S/C26H23ClN2O3S2/c1-15-3-12-20-22(13-15)34-24-23(20)25(31)29(18-8-10-19(32-2)11-9-18)26(28-24)33-14-21(30)16-4-6-17(27)7-5-16/h4-11,15H,3,12-14H2,1-2H3. The Morgan fingerprint density at radius 3 is 2.65 bits per heavy atom. The molecule has 1 aliphatic carbocycles. The maximum Gasteiger partial charge on any atom is 0.267 e. The number of thioether (sulfide) groups is 1. The van der Waals surface area contributed by atoms with Crippen LogP contribution < -0.4 is 10.3 Å². The Bertz CT molecular complexity index is 1430. The van der Waals surface area contributed by atoms with Crippen molar-refractivity contribution in [3.63, 3.8) is 0 Å². The van der Waals surface area contributed by atoms with Crippen molar-refractivity contribution in [1.82, 2.24) is 9.55 Å². The number of methoxy groups -OCH3 is 1. The Balaban J connectivity index is 1.59. The summed E-state index contributed by atoms with van der Waals surface area (Å²) in [5, 5.41) is 1.81. The number of carbonyl (C=O) groups excluding carboxylic acids is 1. The van der Waals surface area contributed by atoms with Crippen LogP contribution in [0.5, 0.6) is 5.75 Å². The van der Waals surface area contributed by atoms with E-state index in [4.69, 9.17) is 21.3 Å². The highest BCUT2D eigenvalue weighted by atomic mass is 35.5. The van der Waals surface area contributed by atoms with Crippen LogP contribution in [0.25, 0.3) is 15.9 Å². The van der Waals surface area contributed by atoms with E-state index in [-0.39, 0.29) is 17.1 Å². The van der Waals surface area contributed by atoms with Crippen molar-refractivity contribution in [3.05, 3.63) is 79.9 Å². The number of Topliss-reactive ketones (excluding diaryl/α,β-unsaturated/α-hetero) is 1. The van der Waals surface area contributed by atoms with Crippen molar-refractivity contribution in [1.29, 1.82) is 0 Å². The van der Waals surface area contributed by atoms with Crippen molar-refractivity contribution >= 4 is 50.7 Å². The smallest absolute Gasteiger partial charge is 0.267 e. The third-order valence-corrected chi connectivity index (χ3v) is 8.47. The number of rotatable bonds is 6. The summed E-state index contributed by atoms with van der Waals surface area (Å²) in [4.78, 5) is 33.6. The van der Waals surface area contributed by atoms with Gasteiger partial charge in [0, 0.05) is 15.5 Å². The Kier molecular flexibility index (Phi) is 6.51. The zero-order valence-corrected chi connectivity index (χ0v) is 21.2. The molecule has 4 aromatic rings. The highest BCUT2D eigenvalue weighted by Crippen LogP contribution is 2.37. The number of carbonyl (C=O) groups is 1. The van der Waals surface area contributed by atoms with E-state index in [0.29, 0.717) is 33.1 Å². The van der Waals surface area contributed by atoms with Gasteiger partial charge >= 0.3 is 0 Å². The van der Waals surface area contributed by atoms with Crippen LogP contribution in [0.2, 0.25) is 5.02 Å². The largest absolute Gasteiger partial charge is 0.497 e. The van der Waals surface area contributed by atoms with E-state index in [0.717, 1.165) is 35.0 Å². The van der Waals surface area contributed by atoms with Crippen LogP contribution in [0.4, 0.5) is 0 Å². The van der Waals surface area contributed by atoms with E-state index in [1.54, 1.807) is 47.3 Å². The summed E-state index contributed by atoms with van der Waals surface area (Å²) in [5.74, 6) is 1.43. The molecule has 0 aliphatic heterocycles. The number of halogens is 1. The lowest BCUT2D eigenvalue weighted by Crippen LogP contribution is -2.23. The Morgan fingerprint density at radius 2 is 1.94 bits per heavy atom. The maximum atomic E-state index is 13.9. The molecule has 0 saturated carbocycles. The molecule has 174 valence electrons. The predicted octanol–water partition coefficient (Wildman–Crippen LogP) is 6.21. The van der Waals surface area contributed by atoms with E-state index >= 15 is 0 Å². The van der Waals surface area contributed by atoms with Gasteiger partial charge in [-0.1, -0.05) is 30.3 Å². The van der Waals surface area contributed by atoms with E-state index in [9.17, 15) is 9.59 Å². The lowest BCUT2D eigenvalue weighted by molar-refractivity contribution is 0.102. The number of hydrogen-bond donors (Lipinski definition) is 0. The van der Waals surface area contributed by atoms with Crippen LogP contribution in [-0.2, 0) is 12.8 Å². The fourth-order valence-electron chi connectivity index (χ4n) is 4.28. The van der Waals surface area contributed by atoms with Gasteiger partial charge in [0.2, 0.25) is 0 Å². The first-order valence-corrected chi connectivity index (χ1v) is 13.3. The van der Waals surface area contributed by atoms with Crippen LogP contribution >= 0.6 is 34.7 Å². The molecule has 0 fully saturated rings. The van der Waals surface area contributed by atoms with Crippen molar-refractivity contribution in [2.75, 3.05) is 12.9 Å². The molecule has 0 saturated heterocycles. The highest BCUT2D eigenvalue weighted by molar-refractivity contribution is 7.99. The van der Waals surface area contributed by atoms with Gasteiger partial charge in [-0.25, -0.2) is 4.98 Å². The minimum absolute atomic E-state index is 0.0448. The topological polar surface area (TPSA) is 61.2 Å². The number of nitrogens with zero attached hydrogens (tertiary/aromatic N) is 2. The molecule has 5 rings (SSSR count). The lowest BCUT2D eigenvalue weighted by atomic mass is 9.89. The molecular formula is C26H23ClN2O3S2. The normalized spacial score (nSPS) is 15.3. The van der Waals surface area contributed by atoms with Crippen molar-refractivity contribution in [2.45, 2.75) is 31.3 Å². The molecule has 0 spiro atoms. The molecule has 8 heteroatoms. The molecule has 0 bridgehead atoms. The second kappa shape index (κ2) is 9.56. The van der Waals surface area contributed by atoms with Crippen molar-refractivity contribution < 1.29 is 9.53 Å². The van der Waals surface area contributed by atoms with Gasteiger partial charge < -0.3 is 4.74 Å². The van der Waals surface area contributed by atoms with Gasteiger partial charge in [0.25, 0.3) is 5.56 Å². The van der Waals surface area contributed by atoms with E-state index in [1.165, 1.54) is 16.6 Å². The molecule has 1 unspecified atom stereocenters. The SMILES string of the molecule is COc1ccc(-n2c(SCC(=O)c3ccc(Cl)cc3)nc3sc4c(c3c2=O)CCC(C)C4)cc1. The third kappa shape index (κ3) is 4.40. The molecule has 5 nitrogen and oxygen atoms in total. The summed E-state index contributed by atoms with van der Waals surface area (Å²) in [6.07, 6.45) is 2.96. The molecule has 34 heavy (non-hydrogen) atoms. The third-order valence-electron chi connectivity index (χ3n) is 6.13. The van der Waals surface area contributed by atoms with Gasteiger partial charge in [-0.3, -0.25) is 14.2 Å². The number of thiophene rings is 1. The molecule has 2 heterocycles. The second-order valence-corrected chi connectivity index (χ2v) is 10.9. The van der Waals surface area contributed by atoms with Gasteiger partial charge in [-0.15, -0.1) is 11.3 Å². The number of aryl methyl sites for hydroxylation is 1. The molecule has 0 amide bonds. The average Bonchev–Trinajstić information content (AvgIpc) is 3.20. The zero-order chi connectivity index (χ0) is 23.8. The minimum atomic E-state index is -0.0799. The number of aromatic nitrogens is 2. The molecule has 1 aliphatic rings. The zero-order valence-electron chi connectivity index (χ0n) is 18.8. The summed E-state index contributed by atoms with van der Waals surface area (Å²) >= 11 is 8.85. The van der Waals surface area contributed by atoms with Crippen LogP contribution in [0.3, 0.4) is 0 Å². The first-order chi connectivity index (χ1) is 16.4. The second-order valence-electron chi connectivity index (χ2n) is 8.48. The van der Waals surface area contributed by atoms with Crippen LogP contribution in [-0.4, -0.2) is 28.2 Å². The first-order valence-electron chi connectivity index (χ1n) is 11.1.